The molecule has 1 fully saturated rings. The molecular formula is C12H20O5. The van der Waals surface area contributed by atoms with E-state index in [0.29, 0.717) is 6.42 Å². The van der Waals surface area contributed by atoms with Gasteiger partial charge in [0.05, 0.1) is 12.2 Å². The van der Waals surface area contributed by atoms with Gasteiger partial charge >= 0.3 is 0 Å². The first-order chi connectivity index (χ1) is 7.94. The zero-order valence-corrected chi connectivity index (χ0v) is 10.7. The van der Waals surface area contributed by atoms with E-state index in [4.69, 9.17) is 18.9 Å². The van der Waals surface area contributed by atoms with Gasteiger partial charge in [0, 0.05) is 20.6 Å². The average molecular weight is 244 g/mol. The van der Waals surface area contributed by atoms with Crippen molar-refractivity contribution in [2.75, 3.05) is 14.2 Å². The fourth-order valence-electron chi connectivity index (χ4n) is 2.27. The molecule has 0 aromatic rings. The molecule has 5 heteroatoms. The highest BCUT2D eigenvalue weighted by Crippen LogP contribution is 2.41. The zero-order chi connectivity index (χ0) is 12.7. The van der Waals surface area contributed by atoms with Crippen molar-refractivity contribution in [1.29, 1.82) is 0 Å². The van der Waals surface area contributed by atoms with Gasteiger partial charge in [0.15, 0.2) is 0 Å². The molecule has 0 saturated carbocycles. The summed E-state index contributed by atoms with van der Waals surface area (Å²) in [6.45, 7) is 3.56. The maximum Gasteiger partial charge on any atom is 0.220 e. The summed E-state index contributed by atoms with van der Waals surface area (Å²) in [5, 5.41) is 9.58. The summed E-state index contributed by atoms with van der Waals surface area (Å²) >= 11 is 0. The van der Waals surface area contributed by atoms with Crippen molar-refractivity contribution in [2.24, 2.45) is 0 Å². The highest BCUT2D eigenvalue weighted by Gasteiger charge is 2.56. The quantitative estimate of drug-likeness (QED) is 0.729. The Labute approximate surface area is 101 Å². The number of aliphatic hydroxyl groups is 1. The second-order valence-corrected chi connectivity index (χ2v) is 4.73. The first kappa shape index (κ1) is 13.0. The van der Waals surface area contributed by atoms with Gasteiger partial charge in [-0.3, -0.25) is 0 Å². The molecule has 0 unspecified atom stereocenters. The van der Waals surface area contributed by atoms with Gasteiger partial charge in [-0.05, 0) is 13.8 Å². The summed E-state index contributed by atoms with van der Waals surface area (Å²) in [4.78, 5) is 0. The van der Waals surface area contributed by atoms with E-state index in [0.717, 1.165) is 0 Å². The van der Waals surface area contributed by atoms with Crippen molar-refractivity contribution >= 4 is 0 Å². The monoisotopic (exact) mass is 244 g/mol. The number of methoxy groups -OCH3 is 2. The summed E-state index contributed by atoms with van der Waals surface area (Å²) in [7, 11) is 3.11. The van der Waals surface area contributed by atoms with Gasteiger partial charge in [-0.25, -0.2) is 0 Å². The standard InChI is InChI=1S/C12H20O5/c1-11(14-3)12(2,15-4)17-10-7-8(13)5-6-9(10)16-11/h5-6,8-10,13H,7H2,1-4H3/t8-,9-,10-,11+,12+/m1/s1. The molecule has 2 rings (SSSR count). The minimum Gasteiger partial charge on any atom is -0.389 e. The first-order valence-corrected chi connectivity index (χ1v) is 5.76. The van der Waals surface area contributed by atoms with Gasteiger partial charge in [-0.2, -0.15) is 0 Å². The summed E-state index contributed by atoms with van der Waals surface area (Å²) in [6, 6.07) is 0. The smallest absolute Gasteiger partial charge is 0.220 e. The minimum atomic E-state index is -0.992. The van der Waals surface area contributed by atoms with E-state index in [1.54, 1.807) is 34.1 Å². The van der Waals surface area contributed by atoms with Gasteiger partial charge < -0.3 is 24.1 Å². The molecule has 5 nitrogen and oxygen atoms in total. The fourth-order valence-corrected chi connectivity index (χ4v) is 2.27. The molecule has 1 saturated heterocycles. The molecule has 98 valence electrons. The Bertz CT molecular complexity index is 318. The molecule has 1 N–H and O–H groups in total. The van der Waals surface area contributed by atoms with Crippen LogP contribution in [0.4, 0.5) is 0 Å². The van der Waals surface area contributed by atoms with Crippen LogP contribution in [0.5, 0.6) is 0 Å². The highest BCUT2D eigenvalue weighted by molar-refractivity contribution is 5.08. The van der Waals surface area contributed by atoms with Gasteiger partial charge in [-0.15, -0.1) is 0 Å². The maximum atomic E-state index is 9.58. The van der Waals surface area contributed by atoms with Crippen molar-refractivity contribution in [3.05, 3.63) is 12.2 Å². The topological polar surface area (TPSA) is 57.2 Å². The lowest BCUT2D eigenvalue weighted by atomic mass is 9.95. The molecule has 1 heterocycles. The van der Waals surface area contributed by atoms with Crippen LogP contribution in [-0.4, -0.2) is 49.2 Å². The van der Waals surface area contributed by atoms with Crippen LogP contribution in [0, 0.1) is 0 Å². The molecule has 0 radical (unpaired) electrons. The van der Waals surface area contributed by atoms with Crippen LogP contribution in [0.15, 0.2) is 12.2 Å². The Hall–Kier alpha value is -0.460. The number of hydrogen-bond acceptors (Lipinski definition) is 5. The molecule has 0 amide bonds. The van der Waals surface area contributed by atoms with Crippen LogP contribution in [0.3, 0.4) is 0 Å². The van der Waals surface area contributed by atoms with E-state index in [9.17, 15) is 5.11 Å². The molecule has 0 bridgehead atoms. The molecule has 0 aromatic carbocycles. The van der Waals surface area contributed by atoms with Gasteiger partial charge in [0.1, 0.15) is 6.10 Å². The van der Waals surface area contributed by atoms with Gasteiger partial charge in [0.25, 0.3) is 0 Å². The first-order valence-electron chi connectivity index (χ1n) is 5.76. The van der Waals surface area contributed by atoms with Crippen LogP contribution in [0.1, 0.15) is 20.3 Å². The van der Waals surface area contributed by atoms with Gasteiger partial charge in [0.2, 0.25) is 11.6 Å². The van der Waals surface area contributed by atoms with Gasteiger partial charge in [-0.1, -0.05) is 12.2 Å². The molecule has 5 atom stereocenters. The normalized spacial score (nSPS) is 50.1. The molecule has 0 aromatic heterocycles. The van der Waals surface area contributed by atoms with Crippen LogP contribution < -0.4 is 0 Å². The van der Waals surface area contributed by atoms with E-state index in [2.05, 4.69) is 0 Å². The third-order valence-electron chi connectivity index (χ3n) is 3.70. The molecule has 1 aliphatic carbocycles. The van der Waals surface area contributed by atoms with Crippen molar-refractivity contribution in [1.82, 2.24) is 0 Å². The third kappa shape index (κ3) is 2.02. The van der Waals surface area contributed by atoms with E-state index >= 15 is 0 Å². The average Bonchev–Trinajstić information content (AvgIpc) is 2.31. The lowest BCUT2D eigenvalue weighted by Gasteiger charge is -2.52. The van der Waals surface area contributed by atoms with Crippen LogP contribution in [0.25, 0.3) is 0 Å². The van der Waals surface area contributed by atoms with Crippen molar-refractivity contribution in [3.63, 3.8) is 0 Å². The lowest BCUT2D eigenvalue weighted by molar-refractivity contribution is -0.444. The maximum absolute atomic E-state index is 9.58. The number of rotatable bonds is 2. The number of hydrogen-bond donors (Lipinski definition) is 1. The van der Waals surface area contributed by atoms with Crippen molar-refractivity contribution < 1.29 is 24.1 Å². The molecule has 2 aliphatic rings. The Morgan fingerprint density at radius 3 is 2.29 bits per heavy atom. The second-order valence-electron chi connectivity index (χ2n) is 4.73. The van der Waals surface area contributed by atoms with E-state index in [1.807, 2.05) is 6.08 Å². The van der Waals surface area contributed by atoms with Crippen molar-refractivity contribution in [2.45, 2.75) is 50.2 Å². The predicted molar refractivity (Wildman–Crippen MR) is 60.3 cm³/mol. The largest absolute Gasteiger partial charge is 0.389 e. The SMILES string of the molecule is CO[C@@]1(C)O[C@@H]2C=C[C@@H](O)C[C@H]2O[C@]1(C)OC. The molecular weight excluding hydrogens is 224 g/mol. The summed E-state index contributed by atoms with van der Waals surface area (Å²) in [5.41, 5.74) is 0. The van der Waals surface area contributed by atoms with E-state index in [-0.39, 0.29) is 12.2 Å². The molecule has 0 spiro atoms. The molecule has 1 aliphatic heterocycles. The third-order valence-corrected chi connectivity index (χ3v) is 3.70. The Kier molecular flexibility index (Phi) is 3.31. The van der Waals surface area contributed by atoms with E-state index in [1.165, 1.54) is 0 Å². The summed E-state index contributed by atoms with van der Waals surface area (Å²) in [5.74, 6) is -1.97. The Morgan fingerprint density at radius 2 is 1.71 bits per heavy atom. The molecule has 17 heavy (non-hydrogen) atoms. The Morgan fingerprint density at radius 1 is 1.12 bits per heavy atom. The predicted octanol–water partition coefficient (Wildman–Crippen LogP) is 0.816. The fraction of sp³-hybridized carbons (Fsp3) is 0.833. The second kappa shape index (κ2) is 4.33. The number of fused-ring (bicyclic) bond motifs is 1. The number of ether oxygens (including phenoxy) is 4. The van der Waals surface area contributed by atoms with Crippen LogP contribution in [-0.2, 0) is 18.9 Å². The van der Waals surface area contributed by atoms with Crippen LogP contribution >= 0.6 is 0 Å². The summed E-state index contributed by atoms with van der Waals surface area (Å²) in [6.07, 6.45) is 3.10. The van der Waals surface area contributed by atoms with E-state index < -0.39 is 17.7 Å². The zero-order valence-electron chi connectivity index (χ0n) is 10.7. The van der Waals surface area contributed by atoms with Crippen molar-refractivity contribution in [3.8, 4) is 0 Å². The van der Waals surface area contributed by atoms with Crippen LogP contribution in [0.2, 0.25) is 0 Å². The highest BCUT2D eigenvalue weighted by atomic mass is 16.8. The lowest BCUT2D eigenvalue weighted by Crippen LogP contribution is -2.65. The number of aliphatic hydroxyl groups excluding tert-OH is 1. The summed E-state index contributed by atoms with van der Waals surface area (Å²) < 4.78 is 22.6. The Balaban J connectivity index is 2.26. The minimum absolute atomic E-state index is 0.216.